The lowest BCUT2D eigenvalue weighted by atomic mass is 9.96. The maximum Gasteiger partial charge on any atom is 0.238 e. The average Bonchev–Trinajstić information content (AvgIpc) is 3.93. The van der Waals surface area contributed by atoms with Crippen LogP contribution < -0.4 is 0 Å². The van der Waals surface area contributed by atoms with Gasteiger partial charge in [0.05, 0.1) is 22.2 Å². The van der Waals surface area contributed by atoms with Gasteiger partial charge in [0.25, 0.3) is 0 Å². The Morgan fingerprint density at radius 2 is 1.02 bits per heavy atom. The molecule has 248 valence electrons. The molecule has 7 aromatic carbocycles. The van der Waals surface area contributed by atoms with E-state index in [1.165, 1.54) is 0 Å². The lowest BCUT2D eigenvalue weighted by Crippen LogP contribution is -2.06. The Morgan fingerprint density at radius 3 is 1.77 bits per heavy atom. The van der Waals surface area contributed by atoms with Gasteiger partial charge in [0.1, 0.15) is 16.7 Å². The third kappa shape index (κ3) is 4.61. The Balaban J connectivity index is 1.20. The van der Waals surface area contributed by atoms with Gasteiger partial charge < -0.3 is 8.83 Å². The number of fused-ring (bicyclic) bond motifs is 7. The molecule has 53 heavy (non-hydrogen) atoms. The van der Waals surface area contributed by atoms with Crippen LogP contribution in [0.1, 0.15) is 0 Å². The molecular formula is C46H27N5O2. The first-order valence-corrected chi connectivity index (χ1v) is 17.5. The fraction of sp³-hybridized carbons (Fsp3) is 0. The van der Waals surface area contributed by atoms with Crippen molar-refractivity contribution in [2.24, 2.45) is 0 Å². The largest absolute Gasteiger partial charge is 0.454 e. The van der Waals surface area contributed by atoms with E-state index in [1.807, 2.05) is 97.1 Å². The highest BCUT2D eigenvalue weighted by atomic mass is 16.4. The zero-order valence-corrected chi connectivity index (χ0v) is 28.1. The van der Waals surface area contributed by atoms with Gasteiger partial charge in [-0.3, -0.25) is 4.57 Å². The SMILES string of the molecule is c1ccc(-c2nc(-c3cccc4c3oc3c(-c5nc6ccccc6o5)c(-c5ccccc5)ccc34)nc(-n3c4ccccc4c4ccccc43)n2)cc1. The van der Waals surface area contributed by atoms with Crippen LogP contribution in [-0.2, 0) is 0 Å². The lowest BCUT2D eigenvalue weighted by Gasteiger charge is -2.11. The van der Waals surface area contributed by atoms with E-state index in [0.29, 0.717) is 40.2 Å². The summed E-state index contributed by atoms with van der Waals surface area (Å²) in [6.45, 7) is 0. The second-order valence-electron chi connectivity index (χ2n) is 13.0. The van der Waals surface area contributed by atoms with Crippen LogP contribution in [0.15, 0.2) is 173 Å². The smallest absolute Gasteiger partial charge is 0.238 e. The summed E-state index contributed by atoms with van der Waals surface area (Å²) in [5.41, 5.74) is 9.32. The van der Waals surface area contributed by atoms with Gasteiger partial charge in [-0.05, 0) is 47.5 Å². The maximum atomic E-state index is 6.99. The van der Waals surface area contributed by atoms with E-state index >= 15 is 0 Å². The van der Waals surface area contributed by atoms with Crippen molar-refractivity contribution in [3.63, 3.8) is 0 Å². The van der Waals surface area contributed by atoms with E-state index in [0.717, 1.165) is 65.9 Å². The first-order valence-electron chi connectivity index (χ1n) is 17.5. The molecule has 0 spiro atoms. The van der Waals surface area contributed by atoms with Crippen LogP contribution in [0.2, 0.25) is 0 Å². The van der Waals surface area contributed by atoms with Crippen molar-refractivity contribution in [2.45, 2.75) is 0 Å². The molecule has 11 aromatic rings. The van der Waals surface area contributed by atoms with Crippen molar-refractivity contribution in [1.29, 1.82) is 0 Å². The third-order valence-corrected chi connectivity index (χ3v) is 9.94. The fourth-order valence-corrected chi connectivity index (χ4v) is 7.53. The molecule has 0 aliphatic carbocycles. The van der Waals surface area contributed by atoms with Gasteiger partial charge in [-0.2, -0.15) is 9.97 Å². The van der Waals surface area contributed by atoms with E-state index in [4.69, 9.17) is 28.8 Å². The third-order valence-electron chi connectivity index (χ3n) is 9.94. The van der Waals surface area contributed by atoms with Crippen LogP contribution in [-0.4, -0.2) is 24.5 Å². The predicted molar refractivity (Wildman–Crippen MR) is 211 cm³/mol. The Kier molecular flexibility index (Phi) is 6.42. The van der Waals surface area contributed by atoms with Crippen LogP contribution in [0.5, 0.6) is 0 Å². The second-order valence-corrected chi connectivity index (χ2v) is 13.0. The molecule has 0 radical (unpaired) electrons. The average molecular weight is 682 g/mol. The molecule has 0 unspecified atom stereocenters. The molecule has 0 saturated carbocycles. The highest BCUT2D eigenvalue weighted by Crippen LogP contribution is 2.44. The minimum atomic E-state index is 0.497. The van der Waals surface area contributed by atoms with E-state index in [1.54, 1.807) is 0 Å². The summed E-state index contributed by atoms with van der Waals surface area (Å²) < 4.78 is 15.5. The molecule has 11 rings (SSSR count). The second kappa shape index (κ2) is 11.6. The molecule has 0 saturated heterocycles. The number of rotatable bonds is 5. The number of oxazole rings is 1. The number of hydrogen-bond donors (Lipinski definition) is 0. The number of aromatic nitrogens is 5. The molecule has 0 atom stereocenters. The Labute approximate surface area is 302 Å². The van der Waals surface area contributed by atoms with Gasteiger partial charge in [0.15, 0.2) is 17.2 Å². The zero-order valence-electron chi connectivity index (χ0n) is 28.1. The Morgan fingerprint density at radius 1 is 0.396 bits per heavy atom. The van der Waals surface area contributed by atoms with E-state index in [-0.39, 0.29) is 0 Å². The lowest BCUT2D eigenvalue weighted by molar-refractivity contribution is 0.615. The van der Waals surface area contributed by atoms with E-state index < -0.39 is 0 Å². The summed E-state index contributed by atoms with van der Waals surface area (Å²) in [5, 5.41) is 4.15. The first-order chi connectivity index (χ1) is 26.3. The number of furan rings is 1. The summed E-state index contributed by atoms with van der Waals surface area (Å²) >= 11 is 0. The Bertz CT molecular complexity index is 3090. The molecule has 0 aliphatic heterocycles. The molecule has 0 aliphatic rings. The van der Waals surface area contributed by atoms with Crippen molar-refractivity contribution in [1.82, 2.24) is 24.5 Å². The standard InChI is InChI=1S/C46H27N5O2/c1-3-14-28(15-4-1)30-26-27-34-33-20-13-21-35(41(33)53-42(34)40(30)45-47-36-22-9-12-25-39(36)52-45)44-48-43(29-16-5-2-6-17-29)49-46(50-44)51-37-23-10-7-18-31(37)32-19-8-11-24-38(32)51/h1-27H. The molecule has 0 bridgehead atoms. The fourth-order valence-electron chi connectivity index (χ4n) is 7.53. The van der Waals surface area contributed by atoms with Gasteiger partial charge in [0, 0.05) is 27.1 Å². The molecule has 0 N–H and O–H groups in total. The highest BCUT2D eigenvalue weighted by molar-refractivity contribution is 6.15. The van der Waals surface area contributed by atoms with Gasteiger partial charge in [-0.1, -0.05) is 127 Å². The molecular weight excluding hydrogens is 655 g/mol. The Hall–Kier alpha value is -7.38. The van der Waals surface area contributed by atoms with Crippen LogP contribution in [0.25, 0.3) is 106 Å². The van der Waals surface area contributed by atoms with Crippen LogP contribution in [0.4, 0.5) is 0 Å². The minimum absolute atomic E-state index is 0.497. The molecule has 4 aromatic heterocycles. The van der Waals surface area contributed by atoms with Crippen molar-refractivity contribution in [2.75, 3.05) is 0 Å². The molecule has 0 amide bonds. The number of para-hydroxylation sites is 5. The number of hydrogen-bond acceptors (Lipinski definition) is 6. The van der Waals surface area contributed by atoms with Crippen molar-refractivity contribution in [3.8, 4) is 51.3 Å². The van der Waals surface area contributed by atoms with Crippen molar-refractivity contribution >= 4 is 54.8 Å². The summed E-state index contributed by atoms with van der Waals surface area (Å²) in [6.07, 6.45) is 0. The van der Waals surface area contributed by atoms with Gasteiger partial charge in [0.2, 0.25) is 11.8 Å². The normalized spacial score (nSPS) is 11.8. The van der Waals surface area contributed by atoms with Crippen LogP contribution >= 0.6 is 0 Å². The molecule has 4 heterocycles. The predicted octanol–water partition coefficient (Wildman–Crippen LogP) is 11.7. The van der Waals surface area contributed by atoms with Crippen molar-refractivity contribution in [3.05, 3.63) is 164 Å². The summed E-state index contributed by atoms with van der Waals surface area (Å²) in [6, 6.07) is 55.2. The number of nitrogens with zero attached hydrogens (tertiary/aromatic N) is 5. The van der Waals surface area contributed by atoms with Crippen LogP contribution in [0, 0.1) is 0 Å². The summed E-state index contributed by atoms with van der Waals surface area (Å²) in [5.74, 6) is 2.10. The highest BCUT2D eigenvalue weighted by Gasteiger charge is 2.24. The van der Waals surface area contributed by atoms with Crippen LogP contribution in [0.3, 0.4) is 0 Å². The van der Waals surface area contributed by atoms with E-state index in [2.05, 4.69) is 71.3 Å². The quantitative estimate of drug-likeness (QED) is 0.180. The zero-order chi connectivity index (χ0) is 34.9. The summed E-state index contributed by atoms with van der Waals surface area (Å²) in [4.78, 5) is 20.4. The van der Waals surface area contributed by atoms with Gasteiger partial charge in [-0.15, -0.1) is 0 Å². The minimum Gasteiger partial charge on any atom is -0.454 e. The summed E-state index contributed by atoms with van der Waals surface area (Å²) in [7, 11) is 0. The van der Waals surface area contributed by atoms with Gasteiger partial charge >= 0.3 is 0 Å². The number of benzene rings is 7. The maximum absolute atomic E-state index is 6.99. The molecule has 0 fully saturated rings. The first kappa shape index (κ1) is 29.4. The van der Waals surface area contributed by atoms with Gasteiger partial charge in [-0.25, -0.2) is 9.97 Å². The molecule has 7 nitrogen and oxygen atoms in total. The van der Waals surface area contributed by atoms with E-state index in [9.17, 15) is 0 Å². The molecule has 7 heteroatoms. The topological polar surface area (TPSA) is 82.8 Å². The monoisotopic (exact) mass is 681 g/mol. The van der Waals surface area contributed by atoms with Crippen molar-refractivity contribution < 1.29 is 8.83 Å².